The lowest BCUT2D eigenvalue weighted by Gasteiger charge is -2.37. The Bertz CT molecular complexity index is 2420. The molecule has 0 aliphatic carbocycles. The van der Waals surface area contributed by atoms with Crippen LogP contribution in [0.15, 0.2) is 48.0 Å². The number of benzene rings is 2. The summed E-state index contributed by atoms with van der Waals surface area (Å²) in [4.78, 5) is 103. The highest BCUT2D eigenvalue weighted by molar-refractivity contribution is 7.13. The number of aryl methyl sites for hydroxylation is 2. The fourth-order valence-corrected chi connectivity index (χ4v) is 10.6. The zero-order valence-electron chi connectivity index (χ0n) is 41.7. The molecule has 8 N–H and O–H groups in total. The second kappa shape index (κ2) is 25.4. The van der Waals surface area contributed by atoms with Crippen LogP contribution in [0.2, 0.25) is 5.02 Å². The number of nitrogens with zero attached hydrogens (tertiary/aromatic N) is 4. The van der Waals surface area contributed by atoms with Gasteiger partial charge in [0.1, 0.15) is 36.5 Å². The van der Waals surface area contributed by atoms with Crippen molar-refractivity contribution >= 4 is 76.9 Å². The van der Waals surface area contributed by atoms with Crippen molar-refractivity contribution in [2.24, 2.45) is 16.9 Å². The number of halogens is 2. The molecule has 7 amide bonds. The fourth-order valence-electron chi connectivity index (χ4n) is 9.51. The minimum absolute atomic E-state index is 0. The molecule has 3 fully saturated rings. The molecule has 0 spiro atoms. The van der Waals surface area contributed by atoms with Gasteiger partial charge in [-0.1, -0.05) is 68.8 Å². The van der Waals surface area contributed by atoms with Gasteiger partial charge in [0.25, 0.3) is 0 Å². The third-order valence-corrected chi connectivity index (χ3v) is 14.8. The van der Waals surface area contributed by atoms with Gasteiger partial charge in [-0.05, 0) is 80.5 Å². The summed E-state index contributed by atoms with van der Waals surface area (Å²) < 4.78 is 11.0. The number of primary amides is 1. The summed E-state index contributed by atoms with van der Waals surface area (Å²) in [5.74, 6) is -2.37. The minimum Gasteiger partial charge on any atom is -0.490 e. The van der Waals surface area contributed by atoms with Crippen LogP contribution in [-0.2, 0) is 39.9 Å². The highest BCUT2D eigenvalue weighted by atomic mass is 35.5. The number of amides is 7. The van der Waals surface area contributed by atoms with E-state index in [0.717, 1.165) is 21.7 Å². The number of nitrogens with two attached hydrogens (primary N) is 2. The number of carbonyl (C=O) groups is 7. The largest absolute Gasteiger partial charge is 0.490 e. The van der Waals surface area contributed by atoms with Gasteiger partial charge >= 0.3 is 6.09 Å². The third-order valence-electron chi connectivity index (χ3n) is 13.4. The number of likely N-dealkylation sites (tertiary alicyclic amines) is 1. The van der Waals surface area contributed by atoms with E-state index in [1.165, 1.54) is 21.8 Å². The minimum atomic E-state index is -1.05. The van der Waals surface area contributed by atoms with Crippen LogP contribution in [0, 0.1) is 12.3 Å². The van der Waals surface area contributed by atoms with E-state index >= 15 is 0 Å². The van der Waals surface area contributed by atoms with Crippen LogP contribution in [-0.4, -0.2) is 142 Å². The first-order chi connectivity index (χ1) is 33.7. The normalized spacial score (nSPS) is 21.3. The quantitative estimate of drug-likeness (QED) is 0.105. The molecule has 0 bridgehead atoms. The molecule has 3 aliphatic heterocycles. The smallest absolute Gasteiger partial charge is 0.409 e. The number of nitrogens with one attached hydrogen (secondary N) is 3. The lowest BCUT2D eigenvalue weighted by atomic mass is 9.85. The van der Waals surface area contributed by atoms with Crippen LogP contribution >= 0.6 is 35.3 Å². The van der Waals surface area contributed by atoms with Crippen molar-refractivity contribution in [2.45, 2.75) is 141 Å². The maximum Gasteiger partial charge on any atom is 0.409 e. The average molecular weight is 1060 g/mol. The second-order valence-electron chi connectivity index (χ2n) is 19.8. The summed E-state index contributed by atoms with van der Waals surface area (Å²) in [6.07, 6.45) is 0.799. The molecule has 6 rings (SSSR count). The number of hydrogen-bond acceptors (Lipinski definition) is 13. The first kappa shape index (κ1) is 57.4. The van der Waals surface area contributed by atoms with E-state index in [1.807, 2.05) is 58.9 Å². The molecule has 1 aromatic heterocycles. The van der Waals surface area contributed by atoms with Crippen LogP contribution in [0.25, 0.3) is 10.4 Å². The number of aromatic nitrogens is 1. The van der Waals surface area contributed by atoms with Crippen LogP contribution in [0.4, 0.5) is 4.79 Å². The van der Waals surface area contributed by atoms with Gasteiger partial charge in [0.2, 0.25) is 35.4 Å². The maximum atomic E-state index is 14.3. The Kier molecular flexibility index (Phi) is 20.2. The predicted molar refractivity (Wildman–Crippen MR) is 274 cm³/mol. The number of fused-ring (bicyclic) bond motifs is 1. The number of β-amino-alcohol motifs (C(OH)–C–C–N with tert-alkyl or cyclic N) is 1. The van der Waals surface area contributed by atoms with Crippen LogP contribution in [0.3, 0.4) is 0 Å². The molecule has 0 unspecified atom stereocenters. The number of methoxy groups -OCH3 is 1. The molecular formula is C50H69Cl2N9O10S. The molecule has 394 valence electrons. The van der Waals surface area contributed by atoms with Gasteiger partial charge in [-0.3, -0.25) is 28.8 Å². The summed E-state index contributed by atoms with van der Waals surface area (Å²) in [7, 11) is 1.26. The number of aliphatic hydroxyl groups excluding tert-OH is 1. The van der Waals surface area contributed by atoms with Gasteiger partial charge < -0.3 is 56.7 Å². The molecule has 3 aliphatic rings. The number of ether oxygens (including phenoxy) is 2. The molecule has 19 nitrogen and oxygen atoms in total. The van der Waals surface area contributed by atoms with Crippen LogP contribution in [0.1, 0.15) is 102 Å². The number of aliphatic hydroxyl groups is 1. The van der Waals surface area contributed by atoms with Crippen LogP contribution < -0.4 is 32.2 Å². The molecule has 0 saturated carbocycles. The standard InChI is InChI=1S/C50H68ClN9O10S.ClH/c1-28(30-13-15-32(16-14-30)43-29(2)54-27-71-43)55-46(65)38-23-35(61)24-59(38)48(67)44(50(3,4)5)57-41(63)12-8-10-31-9-7-11-39(42(31)51)70-26-33(17-20-40(53)62)56-45(64)37-19-18-34-21-22-58(49(68)69-6)25-36(52)47(66)60(34)37;/h7,9,11,13-16,27-28,33-38,44,61H,8,10,12,17-26,52H2,1-6H3,(H2,53,62)(H,55,65)(H,56,64)(H,57,63);1H/t28-,33-,34+,35+,36-,37-,38-,44+;/m0./s1. The highest BCUT2D eigenvalue weighted by Crippen LogP contribution is 2.33. The Morgan fingerprint density at radius 1 is 0.972 bits per heavy atom. The van der Waals surface area contributed by atoms with Crippen molar-refractivity contribution in [1.82, 2.24) is 35.6 Å². The summed E-state index contributed by atoms with van der Waals surface area (Å²) in [5.41, 5.74) is 16.3. The van der Waals surface area contributed by atoms with Crippen molar-refractivity contribution in [3.63, 3.8) is 0 Å². The summed E-state index contributed by atoms with van der Waals surface area (Å²) >= 11 is 8.40. The molecule has 3 aromatic rings. The molecule has 4 heterocycles. The van der Waals surface area contributed by atoms with Gasteiger partial charge in [-0.2, -0.15) is 0 Å². The van der Waals surface area contributed by atoms with Crippen molar-refractivity contribution < 1.29 is 48.1 Å². The van der Waals surface area contributed by atoms with Crippen molar-refractivity contribution in [1.29, 1.82) is 0 Å². The van der Waals surface area contributed by atoms with E-state index in [9.17, 15) is 38.7 Å². The predicted octanol–water partition coefficient (Wildman–Crippen LogP) is 4.17. The lowest BCUT2D eigenvalue weighted by Crippen LogP contribution is -2.60. The lowest BCUT2D eigenvalue weighted by molar-refractivity contribution is -0.144. The number of rotatable bonds is 18. The van der Waals surface area contributed by atoms with E-state index in [4.69, 9.17) is 32.5 Å². The Labute approximate surface area is 435 Å². The van der Waals surface area contributed by atoms with Gasteiger partial charge in [0.05, 0.1) is 46.4 Å². The second-order valence-corrected chi connectivity index (χ2v) is 21.0. The fraction of sp³-hybridized carbons (Fsp3) is 0.560. The summed E-state index contributed by atoms with van der Waals surface area (Å²) in [6.45, 7) is 9.42. The van der Waals surface area contributed by atoms with Crippen molar-refractivity contribution in [2.75, 3.05) is 33.4 Å². The van der Waals surface area contributed by atoms with Gasteiger partial charge in [0.15, 0.2) is 0 Å². The van der Waals surface area contributed by atoms with Crippen molar-refractivity contribution in [3.05, 3.63) is 69.8 Å². The molecule has 3 saturated heterocycles. The average Bonchev–Trinajstić information content (AvgIpc) is 4.07. The summed E-state index contributed by atoms with van der Waals surface area (Å²) in [6, 6.07) is 7.88. The molecule has 0 radical (unpaired) electrons. The molecular weight excluding hydrogens is 990 g/mol. The highest BCUT2D eigenvalue weighted by Gasteiger charge is 2.46. The molecule has 72 heavy (non-hydrogen) atoms. The van der Waals surface area contributed by atoms with Gasteiger partial charge in [-0.15, -0.1) is 23.7 Å². The number of carbonyl (C=O) groups excluding carboxylic acids is 7. The van der Waals surface area contributed by atoms with E-state index in [1.54, 1.807) is 35.0 Å². The number of hydrogen-bond donors (Lipinski definition) is 6. The topological polar surface area (TPSA) is 269 Å². The van der Waals surface area contributed by atoms with Crippen LogP contribution in [0.5, 0.6) is 5.75 Å². The first-order valence-corrected chi connectivity index (χ1v) is 25.4. The SMILES string of the molecule is COC(=O)N1CC[C@H]2CC[C@@H](C(=O)N[C@@H](CCC(N)=O)COc3cccc(CCCC(=O)N[C@H](C(=O)N4C[C@H](O)C[C@H]4C(=O)N[C@@H](C)c4ccc(-c5scnc5C)cc4)C(C)(C)C)c3Cl)N2C(=O)[C@@H](N)C1.Cl. The van der Waals surface area contributed by atoms with E-state index < -0.39 is 77.4 Å². The first-order valence-electron chi connectivity index (χ1n) is 24.1. The van der Waals surface area contributed by atoms with E-state index in [0.29, 0.717) is 55.0 Å². The van der Waals surface area contributed by atoms with E-state index in [-0.39, 0.29) is 75.8 Å². The summed E-state index contributed by atoms with van der Waals surface area (Å²) in [5, 5.41) is 19.9. The Hall–Kier alpha value is -5.54. The van der Waals surface area contributed by atoms with Crippen molar-refractivity contribution in [3.8, 4) is 16.2 Å². The monoisotopic (exact) mass is 1060 g/mol. The third kappa shape index (κ3) is 14.4. The van der Waals surface area contributed by atoms with Gasteiger partial charge in [-0.25, -0.2) is 9.78 Å². The van der Waals surface area contributed by atoms with Gasteiger partial charge in [0, 0.05) is 44.9 Å². The Morgan fingerprint density at radius 3 is 2.33 bits per heavy atom. The zero-order chi connectivity index (χ0) is 51.7. The number of thiazole rings is 1. The Balaban J connectivity index is 0.00000963. The molecule has 22 heteroatoms. The Morgan fingerprint density at radius 2 is 1.68 bits per heavy atom. The van der Waals surface area contributed by atoms with E-state index in [2.05, 4.69) is 20.9 Å². The maximum absolute atomic E-state index is 14.3. The zero-order valence-corrected chi connectivity index (χ0v) is 44.1. The molecule has 8 atom stereocenters. The molecule has 2 aromatic carbocycles.